The number of pyridine rings is 1. The predicted octanol–water partition coefficient (Wildman–Crippen LogP) is 4.10. The SMILES string of the molecule is CC1CCC(C)N(c2ncc(CCl)cc2Cl)C1. The summed E-state index contributed by atoms with van der Waals surface area (Å²) in [5, 5.41) is 0.712. The zero-order valence-corrected chi connectivity index (χ0v) is 11.8. The summed E-state index contributed by atoms with van der Waals surface area (Å²) in [5.41, 5.74) is 0.970. The molecule has 2 rings (SSSR count). The molecule has 1 aromatic rings. The highest BCUT2D eigenvalue weighted by Crippen LogP contribution is 2.31. The first kappa shape index (κ1) is 13.0. The molecule has 17 heavy (non-hydrogen) atoms. The van der Waals surface area contributed by atoms with Crippen LogP contribution in [0.1, 0.15) is 32.3 Å². The zero-order valence-electron chi connectivity index (χ0n) is 10.3. The van der Waals surface area contributed by atoms with Gasteiger partial charge in [-0.2, -0.15) is 0 Å². The maximum atomic E-state index is 6.29. The van der Waals surface area contributed by atoms with Crippen molar-refractivity contribution in [1.82, 2.24) is 4.98 Å². The average Bonchev–Trinajstić information content (AvgIpc) is 2.32. The Labute approximate surface area is 113 Å². The fourth-order valence-electron chi connectivity index (χ4n) is 2.34. The Morgan fingerprint density at radius 3 is 2.82 bits per heavy atom. The molecule has 94 valence electrons. The van der Waals surface area contributed by atoms with Gasteiger partial charge in [-0.3, -0.25) is 0 Å². The largest absolute Gasteiger partial charge is 0.352 e. The second-order valence-electron chi connectivity index (χ2n) is 4.97. The van der Waals surface area contributed by atoms with Gasteiger partial charge < -0.3 is 4.90 Å². The predicted molar refractivity (Wildman–Crippen MR) is 74.0 cm³/mol. The number of hydrogen-bond donors (Lipinski definition) is 0. The van der Waals surface area contributed by atoms with E-state index in [4.69, 9.17) is 23.2 Å². The lowest BCUT2D eigenvalue weighted by Crippen LogP contribution is -2.41. The van der Waals surface area contributed by atoms with Gasteiger partial charge in [0.05, 0.1) is 5.02 Å². The number of alkyl halides is 1. The van der Waals surface area contributed by atoms with Gasteiger partial charge in [0.1, 0.15) is 5.82 Å². The Morgan fingerprint density at radius 2 is 2.18 bits per heavy atom. The lowest BCUT2D eigenvalue weighted by atomic mass is 9.95. The van der Waals surface area contributed by atoms with Crippen molar-refractivity contribution in [2.75, 3.05) is 11.4 Å². The van der Waals surface area contributed by atoms with Crippen molar-refractivity contribution >= 4 is 29.0 Å². The molecule has 1 aliphatic heterocycles. The number of aromatic nitrogens is 1. The van der Waals surface area contributed by atoms with Gasteiger partial charge >= 0.3 is 0 Å². The molecule has 0 aromatic carbocycles. The van der Waals surface area contributed by atoms with E-state index >= 15 is 0 Å². The number of anilines is 1. The van der Waals surface area contributed by atoms with Crippen LogP contribution in [0.25, 0.3) is 0 Å². The average molecular weight is 273 g/mol. The minimum absolute atomic E-state index is 0.457. The molecule has 2 heterocycles. The van der Waals surface area contributed by atoms with E-state index in [9.17, 15) is 0 Å². The molecular formula is C13H18Cl2N2. The summed E-state index contributed by atoms with van der Waals surface area (Å²) in [6, 6.07) is 2.43. The van der Waals surface area contributed by atoms with Gasteiger partial charge in [0.25, 0.3) is 0 Å². The van der Waals surface area contributed by atoms with E-state index in [2.05, 4.69) is 23.7 Å². The Morgan fingerprint density at radius 1 is 1.41 bits per heavy atom. The highest BCUT2D eigenvalue weighted by Gasteiger charge is 2.25. The van der Waals surface area contributed by atoms with Crippen molar-refractivity contribution in [1.29, 1.82) is 0 Å². The molecule has 0 bridgehead atoms. The summed E-state index contributed by atoms with van der Waals surface area (Å²) in [5.74, 6) is 2.07. The third-order valence-corrected chi connectivity index (χ3v) is 4.01. The van der Waals surface area contributed by atoms with Crippen LogP contribution in [-0.2, 0) is 5.88 Å². The number of nitrogens with zero attached hydrogens (tertiary/aromatic N) is 2. The molecule has 1 fully saturated rings. The molecule has 0 spiro atoms. The lowest BCUT2D eigenvalue weighted by molar-refractivity contribution is 0.388. The number of rotatable bonds is 2. The molecule has 1 saturated heterocycles. The van der Waals surface area contributed by atoms with Crippen LogP contribution in [-0.4, -0.2) is 17.6 Å². The quantitative estimate of drug-likeness (QED) is 0.754. The van der Waals surface area contributed by atoms with E-state index in [-0.39, 0.29) is 0 Å². The van der Waals surface area contributed by atoms with Gasteiger partial charge in [0.2, 0.25) is 0 Å². The van der Waals surface area contributed by atoms with Crippen LogP contribution >= 0.6 is 23.2 Å². The minimum Gasteiger partial charge on any atom is -0.352 e. The van der Waals surface area contributed by atoms with Crippen LogP contribution in [0.2, 0.25) is 5.02 Å². The lowest BCUT2D eigenvalue weighted by Gasteiger charge is -2.38. The highest BCUT2D eigenvalue weighted by atomic mass is 35.5. The molecule has 0 N–H and O–H groups in total. The van der Waals surface area contributed by atoms with Gasteiger partial charge in [-0.05, 0) is 37.3 Å². The smallest absolute Gasteiger partial charge is 0.147 e. The highest BCUT2D eigenvalue weighted by molar-refractivity contribution is 6.33. The fourth-order valence-corrected chi connectivity index (χ4v) is 2.78. The minimum atomic E-state index is 0.457. The fraction of sp³-hybridized carbons (Fsp3) is 0.615. The molecule has 1 aromatic heterocycles. The zero-order chi connectivity index (χ0) is 12.4. The molecule has 0 amide bonds. The van der Waals surface area contributed by atoms with Crippen molar-refractivity contribution in [2.24, 2.45) is 5.92 Å². The Balaban J connectivity index is 2.26. The Kier molecular flexibility index (Phi) is 4.16. The summed E-state index contributed by atoms with van der Waals surface area (Å²) in [6.07, 6.45) is 4.31. The van der Waals surface area contributed by atoms with E-state index in [1.54, 1.807) is 0 Å². The van der Waals surface area contributed by atoms with E-state index in [1.165, 1.54) is 12.8 Å². The van der Waals surface area contributed by atoms with E-state index in [0.29, 0.717) is 22.9 Å². The molecule has 0 radical (unpaired) electrons. The summed E-state index contributed by atoms with van der Waals surface area (Å²) < 4.78 is 0. The third kappa shape index (κ3) is 2.86. The first-order chi connectivity index (χ1) is 8.11. The van der Waals surface area contributed by atoms with Crippen LogP contribution in [0.15, 0.2) is 12.3 Å². The molecule has 2 nitrogen and oxygen atoms in total. The Bertz CT molecular complexity index is 395. The first-order valence-electron chi connectivity index (χ1n) is 6.09. The van der Waals surface area contributed by atoms with Crippen LogP contribution in [0.5, 0.6) is 0 Å². The summed E-state index contributed by atoms with van der Waals surface area (Å²) in [7, 11) is 0. The van der Waals surface area contributed by atoms with Crippen molar-refractivity contribution in [3.63, 3.8) is 0 Å². The molecule has 0 aliphatic carbocycles. The van der Waals surface area contributed by atoms with Gasteiger partial charge in [-0.25, -0.2) is 4.98 Å². The van der Waals surface area contributed by atoms with Crippen molar-refractivity contribution in [3.05, 3.63) is 22.8 Å². The molecular weight excluding hydrogens is 255 g/mol. The van der Waals surface area contributed by atoms with Crippen molar-refractivity contribution in [2.45, 2.75) is 38.6 Å². The second-order valence-corrected chi connectivity index (χ2v) is 5.64. The van der Waals surface area contributed by atoms with Crippen LogP contribution < -0.4 is 4.90 Å². The van der Waals surface area contributed by atoms with Gasteiger partial charge in [-0.15, -0.1) is 11.6 Å². The van der Waals surface area contributed by atoms with E-state index in [0.717, 1.165) is 17.9 Å². The molecule has 2 atom stereocenters. The molecule has 4 heteroatoms. The molecule has 1 aliphatic rings. The van der Waals surface area contributed by atoms with Gasteiger partial charge in [0.15, 0.2) is 0 Å². The Hall–Kier alpha value is -0.470. The summed E-state index contributed by atoms with van der Waals surface area (Å²) in [6.45, 7) is 5.55. The monoisotopic (exact) mass is 272 g/mol. The maximum Gasteiger partial charge on any atom is 0.147 e. The van der Waals surface area contributed by atoms with Crippen LogP contribution in [0, 0.1) is 5.92 Å². The van der Waals surface area contributed by atoms with Gasteiger partial charge in [-0.1, -0.05) is 18.5 Å². The number of hydrogen-bond acceptors (Lipinski definition) is 2. The number of halogens is 2. The van der Waals surface area contributed by atoms with Crippen LogP contribution in [0.4, 0.5) is 5.82 Å². The van der Waals surface area contributed by atoms with Crippen molar-refractivity contribution < 1.29 is 0 Å². The normalized spacial score (nSPS) is 25.1. The topological polar surface area (TPSA) is 16.1 Å². The first-order valence-corrected chi connectivity index (χ1v) is 7.00. The van der Waals surface area contributed by atoms with Gasteiger partial charge in [0, 0.05) is 24.7 Å². The van der Waals surface area contributed by atoms with Crippen LogP contribution in [0.3, 0.4) is 0 Å². The second kappa shape index (κ2) is 5.45. The number of piperidine rings is 1. The third-order valence-electron chi connectivity index (χ3n) is 3.42. The van der Waals surface area contributed by atoms with E-state index < -0.39 is 0 Å². The maximum absolute atomic E-state index is 6.29. The van der Waals surface area contributed by atoms with E-state index in [1.807, 2.05) is 12.3 Å². The molecule has 0 saturated carbocycles. The molecule has 2 unspecified atom stereocenters. The van der Waals surface area contributed by atoms with Crippen molar-refractivity contribution in [3.8, 4) is 0 Å². The summed E-state index contributed by atoms with van der Waals surface area (Å²) in [4.78, 5) is 6.78. The summed E-state index contributed by atoms with van der Waals surface area (Å²) >= 11 is 12.1. The standard InChI is InChI=1S/C13H18Cl2N2/c1-9-3-4-10(2)17(8-9)13-12(15)5-11(6-14)7-16-13/h5,7,9-10H,3-4,6,8H2,1-2H3.